The standard InChI is InChI=1S/C16H26N2OS/c1-12-7-5-8-13(2)18(12)16(19)11-17(4)14(3)15-9-6-10-20-15/h6,9-10,12-14H,5,7-8,11H2,1-4H3. The quantitative estimate of drug-likeness (QED) is 0.848. The molecule has 2 heterocycles. The third kappa shape index (κ3) is 3.41. The molecule has 1 saturated heterocycles. The van der Waals surface area contributed by atoms with Gasteiger partial charge in [-0.05, 0) is 58.5 Å². The van der Waals surface area contributed by atoms with Crippen molar-refractivity contribution >= 4 is 17.2 Å². The van der Waals surface area contributed by atoms with Gasteiger partial charge in [0.05, 0.1) is 6.54 Å². The molecule has 0 aromatic carbocycles. The van der Waals surface area contributed by atoms with Gasteiger partial charge < -0.3 is 4.90 Å². The van der Waals surface area contributed by atoms with Gasteiger partial charge in [0.15, 0.2) is 0 Å². The van der Waals surface area contributed by atoms with Crippen LogP contribution in [0.3, 0.4) is 0 Å². The zero-order valence-electron chi connectivity index (χ0n) is 13.0. The Hall–Kier alpha value is -0.870. The fraction of sp³-hybridized carbons (Fsp3) is 0.688. The molecule has 0 radical (unpaired) electrons. The number of hydrogen-bond donors (Lipinski definition) is 0. The van der Waals surface area contributed by atoms with Crippen LogP contribution in [0.2, 0.25) is 0 Å². The van der Waals surface area contributed by atoms with Gasteiger partial charge in [0.25, 0.3) is 0 Å². The number of likely N-dealkylation sites (tertiary alicyclic amines) is 1. The van der Waals surface area contributed by atoms with Crippen molar-refractivity contribution in [2.75, 3.05) is 13.6 Å². The second kappa shape index (κ2) is 6.72. The van der Waals surface area contributed by atoms with Crippen LogP contribution >= 0.6 is 11.3 Å². The first-order chi connectivity index (χ1) is 9.50. The second-order valence-electron chi connectivity index (χ2n) is 6.04. The van der Waals surface area contributed by atoms with Crippen LogP contribution in [0.25, 0.3) is 0 Å². The van der Waals surface area contributed by atoms with Gasteiger partial charge in [0, 0.05) is 23.0 Å². The van der Waals surface area contributed by atoms with Crippen molar-refractivity contribution in [2.45, 2.75) is 58.2 Å². The molecular formula is C16H26N2OS. The first kappa shape index (κ1) is 15.5. The molecule has 3 unspecified atom stereocenters. The van der Waals surface area contributed by atoms with E-state index in [9.17, 15) is 4.79 Å². The lowest BCUT2D eigenvalue weighted by atomic mass is 9.97. The zero-order chi connectivity index (χ0) is 14.7. The summed E-state index contributed by atoms with van der Waals surface area (Å²) in [5.74, 6) is 0.274. The summed E-state index contributed by atoms with van der Waals surface area (Å²) in [5.41, 5.74) is 0. The Bertz CT molecular complexity index is 422. The summed E-state index contributed by atoms with van der Waals surface area (Å²) in [5, 5.41) is 2.09. The van der Waals surface area contributed by atoms with E-state index in [2.05, 4.69) is 48.1 Å². The van der Waals surface area contributed by atoms with Crippen molar-refractivity contribution in [3.63, 3.8) is 0 Å². The SMILES string of the molecule is CC(c1cccs1)N(C)CC(=O)N1C(C)CCCC1C. The molecule has 1 aromatic rings. The Morgan fingerprint density at radius 1 is 1.45 bits per heavy atom. The Labute approximate surface area is 126 Å². The molecule has 4 heteroatoms. The fourth-order valence-electron chi connectivity index (χ4n) is 3.09. The largest absolute Gasteiger partial charge is 0.336 e. The highest BCUT2D eigenvalue weighted by molar-refractivity contribution is 7.10. The first-order valence-electron chi connectivity index (χ1n) is 7.55. The van der Waals surface area contributed by atoms with Gasteiger partial charge in [-0.1, -0.05) is 6.07 Å². The summed E-state index contributed by atoms with van der Waals surface area (Å²) in [4.78, 5) is 18.2. The van der Waals surface area contributed by atoms with E-state index < -0.39 is 0 Å². The predicted molar refractivity (Wildman–Crippen MR) is 85.0 cm³/mol. The number of carbonyl (C=O) groups is 1. The average molecular weight is 294 g/mol. The van der Waals surface area contributed by atoms with Gasteiger partial charge in [-0.15, -0.1) is 11.3 Å². The van der Waals surface area contributed by atoms with Crippen LogP contribution < -0.4 is 0 Å². The monoisotopic (exact) mass is 294 g/mol. The molecule has 0 saturated carbocycles. The summed E-state index contributed by atoms with van der Waals surface area (Å²) < 4.78 is 0. The van der Waals surface area contributed by atoms with Crippen molar-refractivity contribution in [3.05, 3.63) is 22.4 Å². The van der Waals surface area contributed by atoms with Gasteiger partial charge in [-0.2, -0.15) is 0 Å². The maximum absolute atomic E-state index is 12.6. The van der Waals surface area contributed by atoms with Crippen LogP contribution in [0.4, 0.5) is 0 Å². The van der Waals surface area contributed by atoms with Gasteiger partial charge >= 0.3 is 0 Å². The van der Waals surface area contributed by atoms with E-state index >= 15 is 0 Å². The number of piperidine rings is 1. The molecule has 0 spiro atoms. The van der Waals surface area contributed by atoms with E-state index in [0.29, 0.717) is 24.7 Å². The number of carbonyl (C=O) groups excluding carboxylic acids is 1. The number of rotatable bonds is 4. The van der Waals surface area contributed by atoms with Gasteiger partial charge in [-0.3, -0.25) is 9.69 Å². The van der Waals surface area contributed by atoms with Crippen molar-refractivity contribution < 1.29 is 4.79 Å². The summed E-state index contributed by atoms with van der Waals surface area (Å²) in [6, 6.07) is 5.28. The lowest BCUT2D eigenvalue weighted by Crippen LogP contribution is -2.50. The van der Waals surface area contributed by atoms with E-state index in [1.54, 1.807) is 11.3 Å². The average Bonchev–Trinajstić information content (AvgIpc) is 2.91. The molecule has 20 heavy (non-hydrogen) atoms. The minimum atomic E-state index is 0.274. The molecule has 3 nitrogen and oxygen atoms in total. The van der Waals surface area contributed by atoms with Crippen LogP contribution in [0.15, 0.2) is 17.5 Å². The van der Waals surface area contributed by atoms with Crippen LogP contribution in [0, 0.1) is 0 Å². The number of hydrogen-bond acceptors (Lipinski definition) is 3. The Balaban J connectivity index is 1.96. The molecule has 1 aliphatic heterocycles. The van der Waals surface area contributed by atoms with Gasteiger partial charge in [0.2, 0.25) is 5.91 Å². The highest BCUT2D eigenvalue weighted by Crippen LogP contribution is 2.25. The second-order valence-corrected chi connectivity index (χ2v) is 7.02. The molecule has 0 aliphatic carbocycles. The van der Waals surface area contributed by atoms with E-state index in [1.165, 1.54) is 11.3 Å². The van der Waals surface area contributed by atoms with Gasteiger partial charge in [0.1, 0.15) is 0 Å². The summed E-state index contributed by atoms with van der Waals surface area (Å²) in [6.07, 6.45) is 3.52. The predicted octanol–water partition coefficient (Wildman–Crippen LogP) is 3.53. The normalized spacial score (nSPS) is 24.9. The smallest absolute Gasteiger partial charge is 0.237 e. The highest BCUT2D eigenvalue weighted by atomic mass is 32.1. The Kier molecular flexibility index (Phi) is 5.22. The molecule has 1 aromatic heterocycles. The van der Waals surface area contributed by atoms with Crippen molar-refractivity contribution in [1.82, 2.24) is 9.80 Å². The molecule has 112 valence electrons. The number of likely N-dealkylation sites (N-methyl/N-ethyl adjacent to an activating group) is 1. The third-order valence-corrected chi connectivity index (χ3v) is 5.52. The minimum Gasteiger partial charge on any atom is -0.336 e. The number of thiophene rings is 1. The van der Waals surface area contributed by atoms with Crippen LogP contribution in [0.5, 0.6) is 0 Å². The van der Waals surface area contributed by atoms with Crippen molar-refractivity contribution in [1.29, 1.82) is 0 Å². The van der Waals surface area contributed by atoms with Crippen LogP contribution in [-0.4, -0.2) is 41.4 Å². The molecule has 3 atom stereocenters. The van der Waals surface area contributed by atoms with E-state index in [-0.39, 0.29) is 5.91 Å². The molecule has 1 fully saturated rings. The molecule has 1 aliphatic rings. The fourth-order valence-corrected chi connectivity index (χ4v) is 3.94. The van der Waals surface area contributed by atoms with E-state index in [0.717, 1.165) is 12.8 Å². The number of amides is 1. The van der Waals surface area contributed by atoms with Crippen molar-refractivity contribution in [2.24, 2.45) is 0 Å². The number of nitrogens with zero attached hydrogens (tertiary/aromatic N) is 2. The summed E-state index contributed by atoms with van der Waals surface area (Å²) >= 11 is 1.76. The third-order valence-electron chi connectivity index (χ3n) is 4.48. The summed E-state index contributed by atoms with van der Waals surface area (Å²) in [6.45, 7) is 7.03. The van der Waals surface area contributed by atoms with E-state index in [4.69, 9.17) is 0 Å². The molecule has 0 N–H and O–H groups in total. The highest BCUT2D eigenvalue weighted by Gasteiger charge is 2.29. The van der Waals surface area contributed by atoms with Crippen LogP contribution in [-0.2, 0) is 4.79 Å². The Morgan fingerprint density at radius 2 is 2.10 bits per heavy atom. The maximum Gasteiger partial charge on any atom is 0.237 e. The Morgan fingerprint density at radius 3 is 2.65 bits per heavy atom. The molecule has 1 amide bonds. The zero-order valence-corrected chi connectivity index (χ0v) is 13.8. The minimum absolute atomic E-state index is 0.274. The molecule has 0 bridgehead atoms. The molecular weight excluding hydrogens is 268 g/mol. The topological polar surface area (TPSA) is 23.6 Å². The maximum atomic E-state index is 12.6. The first-order valence-corrected chi connectivity index (χ1v) is 8.43. The lowest BCUT2D eigenvalue weighted by Gasteiger charge is -2.40. The van der Waals surface area contributed by atoms with E-state index in [1.807, 2.05) is 7.05 Å². The van der Waals surface area contributed by atoms with Crippen LogP contribution in [0.1, 0.15) is 51.0 Å². The molecule has 2 rings (SSSR count). The van der Waals surface area contributed by atoms with Crippen molar-refractivity contribution in [3.8, 4) is 0 Å². The van der Waals surface area contributed by atoms with Gasteiger partial charge in [-0.25, -0.2) is 0 Å². The summed E-state index contributed by atoms with van der Waals surface area (Å²) in [7, 11) is 2.04. The lowest BCUT2D eigenvalue weighted by molar-refractivity contribution is -0.138.